The van der Waals surface area contributed by atoms with Crippen LogP contribution in [0.3, 0.4) is 0 Å². The van der Waals surface area contributed by atoms with Crippen molar-refractivity contribution in [1.82, 2.24) is 10.2 Å². The van der Waals surface area contributed by atoms with Crippen LogP contribution in [0.5, 0.6) is 0 Å². The first kappa shape index (κ1) is 14.9. The molecule has 0 bridgehead atoms. The Bertz CT molecular complexity index is 568. The fourth-order valence-electron chi connectivity index (χ4n) is 1.63. The highest BCUT2D eigenvalue weighted by Crippen LogP contribution is 2.21. The Balaban J connectivity index is 1.67. The second-order valence-corrected chi connectivity index (χ2v) is 5.99. The van der Waals surface area contributed by atoms with E-state index in [9.17, 15) is 4.79 Å². The minimum Gasteiger partial charge on any atom is -0.311 e. The molecule has 0 aliphatic rings. The maximum absolute atomic E-state index is 11.7. The van der Waals surface area contributed by atoms with Crippen LogP contribution < -0.4 is 5.32 Å². The van der Waals surface area contributed by atoms with Crippen LogP contribution in [0.4, 0.5) is 5.82 Å². The van der Waals surface area contributed by atoms with Gasteiger partial charge < -0.3 is 5.32 Å². The molecule has 2 N–H and O–H groups in total. The maximum Gasteiger partial charge on any atom is 0.225 e. The van der Waals surface area contributed by atoms with Crippen molar-refractivity contribution in [3.63, 3.8) is 0 Å². The van der Waals surface area contributed by atoms with Gasteiger partial charge in [-0.3, -0.25) is 9.89 Å². The number of halogens is 1. The third kappa shape index (κ3) is 4.58. The van der Waals surface area contributed by atoms with E-state index in [1.807, 2.05) is 31.2 Å². The zero-order chi connectivity index (χ0) is 14.4. The first-order valence-electron chi connectivity index (χ1n) is 6.33. The van der Waals surface area contributed by atoms with E-state index in [-0.39, 0.29) is 5.91 Å². The molecule has 0 unspecified atom stereocenters. The topological polar surface area (TPSA) is 57.8 Å². The highest BCUT2D eigenvalue weighted by Gasteiger charge is 2.06. The highest BCUT2D eigenvalue weighted by molar-refractivity contribution is 7.99. The molecule has 2 rings (SSSR count). The zero-order valence-corrected chi connectivity index (χ0v) is 12.7. The number of carbonyl (C=O) groups is 1. The Morgan fingerprint density at radius 1 is 1.40 bits per heavy atom. The number of hydrogen-bond donors (Lipinski definition) is 2. The largest absolute Gasteiger partial charge is 0.311 e. The van der Waals surface area contributed by atoms with E-state index in [4.69, 9.17) is 11.6 Å². The van der Waals surface area contributed by atoms with Crippen molar-refractivity contribution in [2.75, 3.05) is 11.1 Å². The van der Waals surface area contributed by atoms with Crippen molar-refractivity contribution in [2.45, 2.75) is 24.7 Å². The van der Waals surface area contributed by atoms with E-state index >= 15 is 0 Å². The fourth-order valence-corrected chi connectivity index (χ4v) is 2.61. The van der Waals surface area contributed by atoms with Crippen LogP contribution >= 0.6 is 23.4 Å². The summed E-state index contributed by atoms with van der Waals surface area (Å²) in [5.74, 6) is 1.59. The predicted molar refractivity (Wildman–Crippen MR) is 83.4 cm³/mol. The molecule has 4 nitrogen and oxygen atoms in total. The number of aromatic nitrogens is 2. The monoisotopic (exact) mass is 309 g/mol. The van der Waals surface area contributed by atoms with Crippen LogP contribution in [0.25, 0.3) is 0 Å². The Kier molecular flexibility index (Phi) is 5.49. The number of aromatic amines is 1. The molecule has 20 heavy (non-hydrogen) atoms. The van der Waals surface area contributed by atoms with E-state index in [1.54, 1.807) is 18.0 Å². The summed E-state index contributed by atoms with van der Waals surface area (Å²) in [7, 11) is 0. The quantitative estimate of drug-likeness (QED) is 0.629. The van der Waals surface area contributed by atoms with Crippen molar-refractivity contribution < 1.29 is 4.79 Å². The normalized spacial score (nSPS) is 10.5. The van der Waals surface area contributed by atoms with Crippen molar-refractivity contribution in [3.05, 3.63) is 41.0 Å². The molecule has 1 aromatic carbocycles. The number of benzene rings is 1. The van der Waals surface area contributed by atoms with Crippen molar-refractivity contribution in [1.29, 1.82) is 0 Å². The van der Waals surface area contributed by atoms with E-state index in [2.05, 4.69) is 15.5 Å². The minimum absolute atomic E-state index is 0.00839. The lowest BCUT2D eigenvalue weighted by Crippen LogP contribution is -2.12. The number of amides is 1. The van der Waals surface area contributed by atoms with E-state index in [0.29, 0.717) is 12.2 Å². The average Bonchev–Trinajstić information content (AvgIpc) is 2.82. The fraction of sp³-hybridized carbons (Fsp3) is 0.286. The van der Waals surface area contributed by atoms with Gasteiger partial charge in [0.15, 0.2) is 0 Å². The molecule has 0 saturated heterocycles. The smallest absolute Gasteiger partial charge is 0.225 e. The zero-order valence-electron chi connectivity index (χ0n) is 11.1. The van der Waals surface area contributed by atoms with Gasteiger partial charge in [-0.25, -0.2) is 0 Å². The Labute approximate surface area is 127 Å². The predicted octanol–water partition coefficient (Wildman–Crippen LogP) is 3.88. The molecule has 0 fully saturated rings. The van der Waals surface area contributed by atoms with E-state index < -0.39 is 0 Å². The summed E-state index contributed by atoms with van der Waals surface area (Å²) in [6.07, 6.45) is 3.01. The minimum atomic E-state index is 0.00839. The highest BCUT2D eigenvalue weighted by atomic mass is 35.5. The average molecular weight is 310 g/mol. The molecule has 0 saturated carbocycles. The van der Waals surface area contributed by atoms with Crippen molar-refractivity contribution >= 4 is 35.1 Å². The summed E-state index contributed by atoms with van der Waals surface area (Å²) in [6, 6.07) is 7.72. The van der Waals surface area contributed by atoms with Gasteiger partial charge in [0.1, 0.15) is 5.82 Å². The molecule has 106 valence electrons. The number of H-pyrrole nitrogens is 1. The second-order valence-electron chi connectivity index (χ2n) is 4.38. The van der Waals surface area contributed by atoms with Gasteiger partial charge in [-0.15, -0.1) is 11.8 Å². The third-order valence-electron chi connectivity index (χ3n) is 2.72. The first-order valence-corrected chi connectivity index (χ1v) is 7.69. The van der Waals surface area contributed by atoms with Gasteiger partial charge in [-0.2, -0.15) is 5.10 Å². The number of nitrogens with one attached hydrogen (secondary N) is 2. The molecular formula is C14H16ClN3OS. The second kappa shape index (κ2) is 7.36. The molecule has 6 heteroatoms. The van der Waals surface area contributed by atoms with Gasteiger partial charge in [0.25, 0.3) is 0 Å². The number of hydrogen-bond acceptors (Lipinski definition) is 3. The molecule has 0 aliphatic carbocycles. The van der Waals surface area contributed by atoms with Crippen molar-refractivity contribution in [2.24, 2.45) is 0 Å². The molecule has 1 aromatic heterocycles. The Morgan fingerprint density at radius 3 is 2.80 bits per heavy atom. The lowest BCUT2D eigenvalue weighted by Gasteiger charge is -2.04. The van der Waals surface area contributed by atoms with Gasteiger partial charge in [-0.1, -0.05) is 11.6 Å². The molecule has 1 amide bonds. The summed E-state index contributed by atoms with van der Waals surface area (Å²) >= 11 is 7.55. The van der Waals surface area contributed by atoms with E-state index in [1.165, 1.54) is 4.90 Å². The standard InChI is InChI=1S/C14H16ClN3OS/c1-10-9-16-18-14(10)17-13(19)3-2-8-20-12-6-4-11(15)5-7-12/h4-7,9H,2-3,8H2,1H3,(H2,16,17,18,19). The van der Waals surface area contributed by atoms with Gasteiger partial charge in [-0.05, 0) is 43.4 Å². The lowest BCUT2D eigenvalue weighted by atomic mass is 10.3. The summed E-state index contributed by atoms with van der Waals surface area (Å²) < 4.78 is 0. The third-order valence-corrected chi connectivity index (χ3v) is 4.07. The van der Waals surface area contributed by atoms with Crippen LogP contribution in [0.1, 0.15) is 18.4 Å². The number of anilines is 1. The van der Waals surface area contributed by atoms with Crippen LogP contribution in [0.15, 0.2) is 35.4 Å². The Hall–Kier alpha value is -1.46. The SMILES string of the molecule is Cc1cn[nH]c1NC(=O)CCCSc1ccc(Cl)cc1. The number of aryl methyl sites for hydroxylation is 1. The molecule has 2 aromatic rings. The van der Waals surface area contributed by atoms with Crippen LogP contribution in [0.2, 0.25) is 5.02 Å². The maximum atomic E-state index is 11.7. The van der Waals surface area contributed by atoms with Gasteiger partial charge >= 0.3 is 0 Å². The van der Waals surface area contributed by atoms with Crippen LogP contribution in [0, 0.1) is 6.92 Å². The molecule has 0 spiro atoms. The molecule has 0 atom stereocenters. The summed E-state index contributed by atoms with van der Waals surface area (Å²) in [5.41, 5.74) is 0.939. The molecular weight excluding hydrogens is 294 g/mol. The van der Waals surface area contributed by atoms with Gasteiger partial charge in [0.2, 0.25) is 5.91 Å². The number of rotatable bonds is 6. The molecule has 0 aliphatic heterocycles. The number of carbonyl (C=O) groups excluding carboxylic acids is 1. The molecule has 1 heterocycles. The van der Waals surface area contributed by atoms with Gasteiger partial charge in [0.05, 0.1) is 6.20 Å². The van der Waals surface area contributed by atoms with Crippen molar-refractivity contribution in [3.8, 4) is 0 Å². The Morgan fingerprint density at radius 2 is 2.15 bits per heavy atom. The van der Waals surface area contributed by atoms with E-state index in [0.717, 1.165) is 22.8 Å². The summed E-state index contributed by atoms with van der Waals surface area (Å²) in [5, 5.41) is 10.2. The van der Waals surface area contributed by atoms with Gasteiger partial charge in [0, 0.05) is 21.9 Å². The lowest BCUT2D eigenvalue weighted by molar-refractivity contribution is -0.116. The first-order chi connectivity index (χ1) is 9.65. The number of thioether (sulfide) groups is 1. The van der Waals surface area contributed by atoms with Crippen LogP contribution in [-0.2, 0) is 4.79 Å². The summed E-state index contributed by atoms with van der Waals surface area (Å²) in [6.45, 7) is 1.90. The van der Waals surface area contributed by atoms with Crippen LogP contribution in [-0.4, -0.2) is 21.9 Å². The number of nitrogens with zero attached hydrogens (tertiary/aromatic N) is 1. The molecule has 0 radical (unpaired) electrons. The summed E-state index contributed by atoms with van der Waals surface area (Å²) in [4.78, 5) is 12.9.